The molecule has 2 aromatic carbocycles. The van der Waals surface area contributed by atoms with Gasteiger partial charge in [0, 0.05) is 38.4 Å². The lowest BCUT2D eigenvalue weighted by Gasteiger charge is -2.34. The lowest BCUT2D eigenvalue weighted by atomic mass is 10.1. The number of piperazine rings is 1. The van der Waals surface area contributed by atoms with Gasteiger partial charge in [0.25, 0.3) is 0 Å². The normalized spacial score (nSPS) is 16.4. The molecule has 0 saturated carbocycles. The smallest absolute Gasteiger partial charge is 0.321 e. The van der Waals surface area contributed by atoms with Gasteiger partial charge in [-0.3, -0.25) is 4.90 Å². The number of ether oxygens (including phenoxy) is 2. The molecule has 0 bridgehead atoms. The first-order chi connectivity index (χ1) is 13.1. The highest BCUT2D eigenvalue weighted by molar-refractivity contribution is 6.42. The van der Waals surface area contributed by atoms with Crippen molar-refractivity contribution in [3.63, 3.8) is 0 Å². The van der Waals surface area contributed by atoms with E-state index in [1.54, 1.807) is 23.1 Å². The number of carbonyl (C=O) groups excluding carboxylic acids is 1. The number of rotatable bonds is 3. The molecule has 0 atom stereocenters. The van der Waals surface area contributed by atoms with Gasteiger partial charge in [-0.05, 0) is 35.9 Å². The zero-order valence-electron chi connectivity index (χ0n) is 14.6. The zero-order chi connectivity index (χ0) is 18.8. The summed E-state index contributed by atoms with van der Waals surface area (Å²) in [6, 6.07) is 10.9. The van der Waals surface area contributed by atoms with Gasteiger partial charge in [0.1, 0.15) is 0 Å². The molecule has 142 valence electrons. The Balaban J connectivity index is 1.29. The molecule has 1 N–H and O–H groups in total. The molecule has 0 radical (unpaired) electrons. The molecule has 1 saturated heterocycles. The second-order valence-electron chi connectivity index (χ2n) is 6.51. The SMILES string of the molecule is O=C(Nc1ccc(Cl)c(Cl)c1)N1CCN(Cc2ccc3c(c2)OCO3)CC1. The molecule has 1 fully saturated rings. The van der Waals surface area contributed by atoms with Gasteiger partial charge in [-0.15, -0.1) is 0 Å². The molecule has 0 aromatic heterocycles. The van der Waals surface area contributed by atoms with E-state index >= 15 is 0 Å². The van der Waals surface area contributed by atoms with Gasteiger partial charge in [0.15, 0.2) is 11.5 Å². The summed E-state index contributed by atoms with van der Waals surface area (Å²) in [5.41, 5.74) is 1.81. The summed E-state index contributed by atoms with van der Waals surface area (Å²) < 4.78 is 10.8. The van der Waals surface area contributed by atoms with E-state index in [1.165, 1.54) is 5.56 Å². The van der Waals surface area contributed by atoms with E-state index in [9.17, 15) is 4.79 Å². The van der Waals surface area contributed by atoms with Crippen molar-refractivity contribution < 1.29 is 14.3 Å². The van der Waals surface area contributed by atoms with E-state index in [-0.39, 0.29) is 12.8 Å². The molecule has 2 aliphatic heterocycles. The lowest BCUT2D eigenvalue weighted by Crippen LogP contribution is -2.49. The Bertz CT molecular complexity index is 854. The summed E-state index contributed by atoms with van der Waals surface area (Å²) in [5, 5.41) is 3.75. The van der Waals surface area contributed by atoms with Crippen LogP contribution < -0.4 is 14.8 Å². The molecule has 0 aliphatic carbocycles. The van der Waals surface area contributed by atoms with Gasteiger partial charge >= 0.3 is 6.03 Å². The number of nitrogens with zero attached hydrogens (tertiary/aromatic N) is 2. The number of hydrogen-bond donors (Lipinski definition) is 1. The first-order valence-corrected chi connectivity index (χ1v) is 9.46. The number of benzene rings is 2. The second kappa shape index (κ2) is 7.84. The van der Waals surface area contributed by atoms with Crippen LogP contribution in [0.3, 0.4) is 0 Å². The van der Waals surface area contributed by atoms with Crippen molar-refractivity contribution in [2.75, 3.05) is 38.3 Å². The molecule has 0 spiro atoms. The van der Waals surface area contributed by atoms with Crippen LogP contribution in [0.4, 0.5) is 10.5 Å². The van der Waals surface area contributed by atoms with Gasteiger partial charge in [-0.25, -0.2) is 4.79 Å². The summed E-state index contributed by atoms with van der Waals surface area (Å²) in [5.74, 6) is 1.59. The number of anilines is 1. The first kappa shape index (κ1) is 18.2. The lowest BCUT2D eigenvalue weighted by molar-refractivity contribution is 0.143. The minimum atomic E-state index is -0.129. The largest absolute Gasteiger partial charge is 0.454 e. The van der Waals surface area contributed by atoms with Crippen molar-refractivity contribution in [3.8, 4) is 11.5 Å². The number of nitrogens with one attached hydrogen (secondary N) is 1. The molecule has 2 amide bonds. The zero-order valence-corrected chi connectivity index (χ0v) is 16.1. The number of hydrogen-bond acceptors (Lipinski definition) is 4. The number of halogens is 2. The molecule has 6 nitrogen and oxygen atoms in total. The van der Waals surface area contributed by atoms with Gasteiger partial charge in [-0.2, -0.15) is 0 Å². The van der Waals surface area contributed by atoms with Crippen LogP contribution in [0.25, 0.3) is 0 Å². The van der Waals surface area contributed by atoms with E-state index in [1.807, 2.05) is 12.1 Å². The summed E-state index contributed by atoms with van der Waals surface area (Å²) >= 11 is 11.9. The van der Waals surface area contributed by atoms with Crippen LogP contribution in [0.1, 0.15) is 5.56 Å². The van der Waals surface area contributed by atoms with Crippen molar-refractivity contribution in [3.05, 3.63) is 52.0 Å². The molecular formula is C19H19Cl2N3O3. The van der Waals surface area contributed by atoms with E-state index in [2.05, 4.69) is 16.3 Å². The number of urea groups is 1. The van der Waals surface area contributed by atoms with Gasteiger partial charge in [0.2, 0.25) is 6.79 Å². The highest BCUT2D eigenvalue weighted by atomic mass is 35.5. The first-order valence-electron chi connectivity index (χ1n) is 8.70. The third-order valence-electron chi connectivity index (χ3n) is 4.67. The molecule has 27 heavy (non-hydrogen) atoms. The fourth-order valence-corrected chi connectivity index (χ4v) is 3.48. The van der Waals surface area contributed by atoms with Gasteiger partial charge in [0.05, 0.1) is 10.0 Å². The summed E-state index contributed by atoms with van der Waals surface area (Å²) in [7, 11) is 0. The van der Waals surface area contributed by atoms with Crippen molar-refractivity contribution in [2.24, 2.45) is 0 Å². The molecular weight excluding hydrogens is 389 g/mol. The third kappa shape index (κ3) is 4.24. The molecule has 8 heteroatoms. The van der Waals surface area contributed by atoms with Crippen LogP contribution in [0, 0.1) is 0 Å². The Morgan fingerprint density at radius 2 is 1.74 bits per heavy atom. The van der Waals surface area contributed by atoms with Gasteiger partial charge in [-0.1, -0.05) is 29.3 Å². The van der Waals surface area contributed by atoms with Crippen LogP contribution in [0.2, 0.25) is 10.0 Å². The molecule has 2 heterocycles. The van der Waals surface area contributed by atoms with Crippen LogP contribution in [-0.4, -0.2) is 48.8 Å². The average Bonchev–Trinajstić information content (AvgIpc) is 3.13. The summed E-state index contributed by atoms with van der Waals surface area (Å²) in [4.78, 5) is 16.6. The molecule has 2 aromatic rings. The fourth-order valence-electron chi connectivity index (χ4n) is 3.18. The van der Waals surface area contributed by atoms with Gasteiger partial charge < -0.3 is 19.7 Å². The number of fused-ring (bicyclic) bond motifs is 1. The Hall–Kier alpha value is -2.15. The number of amides is 2. The summed E-state index contributed by atoms with van der Waals surface area (Å²) in [6.07, 6.45) is 0. The average molecular weight is 408 g/mol. The summed E-state index contributed by atoms with van der Waals surface area (Å²) in [6.45, 7) is 4.05. The topological polar surface area (TPSA) is 54.0 Å². The molecule has 4 rings (SSSR count). The van der Waals surface area contributed by atoms with Crippen LogP contribution in [0.5, 0.6) is 11.5 Å². The highest BCUT2D eigenvalue weighted by Gasteiger charge is 2.22. The Kier molecular flexibility index (Phi) is 5.29. The minimum absolute atomic E-state index is 0.129. The standard InChI is InChI=1S/C19H19Cl2N3O3/c20-15-3-2-14(10-16(15)21)22-19(25)24-7-5-23(6-8-24)11-13-1-4-17-18(9-13)27-12-26-17/h1-4,9-10H,5-8,11-12H2,(H,22,25). The Labute approximate surface area is 167 Å². The molecule has 2 aliphatic rings. The Morgan fingerprint density at radius 1 is 0.963 bits per heavy atom. The fraction of sp³-hybridized carbons (Fsp3) is 0.316. The predicted molar refractivity (Wildman–Crippen MR) is 105 cm³/mol. The minimum Gasteiger partial charge on any atom is -0.454 e. The number of carbonyl (C=O) groups is 1. The Morgan fingerprint density at radius 3 is 2.52 bits per heavy atom. The van der Waals surface area contributed by atoms with Crippen LogP contribution in [0.15, 0.2) is 36.4 Å². The van der Waals surface area contributed by atoms with E-state index < -0.39 is 0 Å². The van der Waals surface area contributed by atoms with E-state index in [0.29, 0.717) is 28.8 Å². The highest BCUT2D eigenvalue weighted by Crippen LogP contribution is 2.33. The molecule has 0 unspecified atom stereocenters. The monoisotopic (exact) mass is 407 g/mol. The maximum atomic E-state index is 12.4. The maximum absolute atomic E-state index is 12.4. The van der Waals surface area contributed by atoms with E-state index in [0.717, 1.165) is 31.1 Å². The van der Waals surface area contributed by atoms with Crippen molar-refractivity contribution >= 4 is 34.9 Å². The second-order valence-corrected chi connectivity index (χ2v) is 7.32. The predicted octanol–water partition coefficient (Wildman–Crippen LogP) is 4.07. The van der Waals surface area contributed by atoms with Crippen LogP contribution >= 0.6 is 23.2 Å². The van der Waals surface area contributed by atoms with Crippen molar-refractivity contribution in [1.82, 2.24) is 9.80 Å². The van der Waals surface area contributed by atoms with Crippen molar-refractivity contribution in [1.29, 1.82) is 0 Å². The van der Waals surface area contributed by atoms with E-state index in [4.69, 9.17) is 32.7 Å². The quantitative estimate of drug-likeness (QED) is 0.832. The van der Waals surface area contributed by atoms with Crippen molar-refractivity contribution in [2.45, 2.75) is 6.54 Å². The van der Waals surface area contributed by atoms with Crippen LogP contribution in [-0.2, 0) is 6.54 Å². The maximum Gasteiger partial charge on any atom is 0.321 e. The third-order valence-corrected chi connectivity index (χ3v) is 5.41.